The molecule has 236 valence electrons. The Balaban J connectivity index is 1.50. The summed E-state index contributed by atoms with van der Waals surface area (Å²) in [6.07, 6.45) is 1.51. The molecule has 2 aliphatic rings. The van der Waals surface area contributed by atoms with Crippen LogP contribution in [0.25, 0.3) is 10.2 Å². The zero-order chi connectivity index (χ0) is 31.6. The molecule has 3 aromatic rings. The maximum Gasteiger partial charge on any atom is 0.303 e. The average molecular weight is 645 g/mol. The van der Waals surface area contributed by atoms with Crippen molar-refractivity contribution >= 4 is 54.9 Å². The minimum Gasteiger partial charge on any atom is -0.481 e. The van der Waals surface area contributed by atoms with Crippen LogP contribution in [0.5, 0.6) is 0 Å². The highest BCUT2D eigenvalue weighted by atomic mass is 32.2. The number of Topliss-reactive ketones (excluding diaryl/α,β-unsaturated/α-hetero) is 1. The minimum atomic E-state index is -4.41. The Morgan fingerprint density at radius 2 is 1.95 bits per heavy atom. The summed E-state index contributed by atoms with van der Waals surface area (Å²) in [6.45, 7) is 4.09. The lowest BCUT2D eigenvalue weighted by Gasteiger charge is -2.34. The van der Waals surface area contributed by atoms with E-state index in [2.05, 4.69) is 15.0 Å². The summed E-state index contributed by atoms with van der Waals surface area (Å²) >= 11 is 1.38. The number of aliphatic carboxylic acids is 1. The van der Waals surface area contributed by atoms with E-state index in [9.17, 15) is 32.3 Å². The van der Waals surface area contributed by atoms with Crippen molar-refractivity contribution in [1.29, 1.82) is 0 Å². The van der Waals surface area contributed by atoms with Crippen LogP contribution in [0, 0.1) is 11.3 Å². The first kappa shape index (κ1) is 32.0. The van der Waals surface area contributed by atoms with Crippen LogP contribution in [0.3, 0.4) is 0 Å². The van der Waals surface area contributed by atoms with Gasteiger partial charge < -0.3 is 15.3 Å². The van der Waals surface area contributed by atoms with Crippen LogP contribution >= 0.6 is 11.3 Å². The van der Waals surface area contributed by atoms with Gasteiger partial charge in [0.2, 0.25) is 15.9 Å². The number of nitrogens with one attached hydrogen (secondary N) is 2. The number of halogens is 1. The number of carbonyl (C=O) groups excluding carboxylic acids is 2. The zero-order valence-corrected chi connectivity index (χ0v) is 26.4. The predicted molar refractivity (Wildman–Crippen MR) is 166 cm³/mol. The molecule has 0 saturated carbocycles. The van der Waals surface area contributed by atoms with Gasteiger partial charge in [-0.05, 0) is 61.4 Å². The first-order chi connectivity index (χ1) is 20.9. The number of ketones is 1. The van der Waals surface area contributed by atoms with Crippen molar-refractivity contribution in [2.75, 3.05) is 31.6 Å². The third kappa shape index (κ3) is 6.94. The number of amides is 1. The molecule has 3 N–H and O–H groups in total. The largest absolute Gasteiger partial charge is 0.481 e. The van der Waals surface area contributed by atoms with Crippen LogP contribution in [0.4, 0.5) is 10.1 Å². The van der Waals surface area contributed by atoms with E-state index in [0.717, 1.165) is 10.2 Å². The summed E-state index contributed by atoms with van der Waals surface area (Å²) in [7, 11) is -4.41. The zero-order valence-electron chi connectivity index (χ0n) is 24.8. The van der Waals surface area contributed by atoms with Crippen LogP contribution in [0.2, 0.25) is 0 Å². The summed E-state index contributed by atoms with van der Waals surface area (Å²) in [5.41, 5.74) is 0.655. The van der Waals surface area contributed by atoms with Gasteiger partial charge in [-0.3, -0.25) is 18.8 Å². The molecule has 3 heterocycles. The quantitative estimate of drug-likeness (QED) is 0.278. The lowest BCUT2D eigenvalue weighted by molar-refractivity contribution is -0.137. The molecular weight excluding hydrogens is 607 g/mol. The number of likely N-dealkylation sites (tertiary alicyclic amines) is 1. The van der Waals surface area contributed by atoms with Gasteiger partial charge in [0.05, 0.1) is 27.6 Å². The van der Waals surface area contributed by atoms with Crippen molar-refractivity contribution in [3.05, 3.63) is 52.5 Å². The van der Waals surface area contributed by atoms with Gasteiger partial charge in [0, 0.05) is 43.5 Å². The number of carboxylic acid groups (broad SMARTS) is 1. The molecule has 0 aliphatic carbocycles. The number of carbonyl (C=O) groups is 3. The van der Waals surface area contributed by atoms with Crippen molar-refractivity contribution in [1.82, 2.24) is 14.6 Å². The molecule has 1 atom stereocenters. The molecule has 1 aromatic heterocycles. The number of nitrogens with zero attached hydrogens (tertiary/aromatic N) is 2. The van der Waals surface area contributed by atoms with Gasteiger partial charge in [0.25, 0.3) is 0 Å². The third-order valence-corrected chi connectivity index (χ3v) is 11.0. The number of alkyl halides is 1. The van der Waals surface area contributed by atoms with E-state index in [1.54, 1.807) is 24.8 Å². The van der Waals surface area contributed by atoms with E-state index >= 15 is 0 Å². The summed E-state index contributed by atoms with van der Waals surface area (Å²) in [5.74, 6) is -1.52. The van der Waals surface area contributed by atoms with Crippen molar-refractivity contribution in [3.8, 4) is 0 Å². The van der Waals surface area contributed by atoms with Crippen molar-refractivity contribution in [2.45, 2.75) is 63.3 Å². The van der Waals surface area contributed by atoms with Crippen LogP contribution < -0.4 is 10.0 Å². The normalized spacial score (nSPS) is 17.7. The topological polar surface area (TPSA) is 146 Å². The number of aromatic nitrogens is 1. The van der Waals surface area contributed by atoms with E-state index < -0.39 is 40.0 Å². The molecule has 0 bridgehead atoms. The number of hydrogen-bond donors (Lipinski definition) is 3. The molecular formula is C31H37FN4O6S2. The molecule has 0 radical (unpaired) electrons. The summed E-state index contributed by atoms with van der Waals surface area (Å²) in [5, 5.41) is 12.9. The molecule has 0 spiro atoms. The molecule has 5 rings (SSSR count). The third-order valence-electron chi connectivity index (χ3n) is 8.40. The minimum absolute atomic E-state index is 0.0160. The second-order valence-corrected chi connectivity index (χ2v) is 15.0. The number of sulfonamides is 1. The molecule has 13 heteroatoms. The number of rotatable bonds is 11. The highest BCUT2D eigenvalue weighted by Crippen LogP contribution is 2.38. The van der Waals surface area contributed by atoms with Gasteiger partial charge in [-0.25, -0.2) is 13.4 Å². The molecule has 44 heavy (non-hydrogen) atoms. The standard InChI is InChI=1S/C31H37FN4O6S2/c1-31(2)18-33-28-21(29(31)39)15-20(7-8-27(37)38)16-25(28)44(41,42)35-23(17-26-34-22-5-3-4-6-24(22)43-26)30(40)36-13-10-19(9-12-32)11-14-36/h3-6,15-16,19,23,33,35H,7-14,17-18H2,1-2H3,(H,37,38). The Labute approximate surface area is 260 Å². The molecule has 10 nitrogen and oxygen atoms in total. The number of thiazole rings is 1. The molecule has 1 fully saturated rings. The van der Waals surface area contributed by atoms with E-state index in [1.165, 1.54) is 17.4 Å². The summed E-state index contributed by atoms with van der Waals surface area (Å²) in [6, 6.07) is 9.25. The van der Waals surface area contributed by atoms with Crippen LogP contribution in [-0.4, -0.2) is 73.4 Å². The van der Waals surface area contributed by atoms with E-state index in [1.807, 2.05) is 24.3 Å². The van der Waals surface area contributed by atoms with E-state index in [0.29, 0.717) is 42.9 Å². The van der Waals surface area contributed by atoms with E-state index in [4.69, 9.17) is 0 Å². The highest BCUT2D eigenvalue weighted by molar-refractivity contribution is 7.89. The number of carboxylic acids is 1. The fourth-order valence-corrected chi connectivity index (χ4v) is 8.28. The second-order valence-electron chi connectivity index (χ2n) is 12.2. The lowest BCUT2D eigenvalue weighted by atomic mass is 9.80. The molecule has 2 aromatic carbocycles. The Morgan fingerprint density at radius 1 is 1.23 bits per heavy atom. The number of anilines is 1. The molecule has 2 aliphatic heterocycles. The number of para-hydroxylation sites is 1. The fourth-order valence-electron chi connectivity index (χ4n) is 5.82. The highest BCUT2D eigenvalue weighted by Gasteiger charge is 2.39. The molecule has 1 amide bonds. The Morgan fingerprint density at radius 3 is 2.64 bits per heavy atom. The monoisotopic (exact) mass is 644 g/mol. The maximum absolute atomic E-state index is 14.2. The predicted octanol–water partition coefficient (Wildman–Crippen LogP) is 4.44. The maximum atomic E-state index is 14.2. The average Bonchev–Trinajstić information content (AvgIpc) is 3.40. The number of piperidine rings is 1. The Bertz CT molecular complexity index is 1650. The number of benzene rings is 2. The van der Waals surface area contributed by atoms with Gasteiger partial charge in [0.1, 0.15) is 10.9 Å². The second kappa shape index (κ2) is 12.9. The van der Waals surface area contributed by atoms with Crippen molar-refractivity contribution < 1.29 is 32.3 Å². The summed E-state index contributed by atoms with van der Waals surface area (Å²) < 4.78 is 44.8. The SMILES string of the molecule is CC1(C)CNc2c(cc(CCC(=O)O)cc2S(=O)(=O)NC(Cc2nc3ccccc3s2)C(=O)N2CCC(CCF)CC2)C1=O. The first-order valence-corrected chi connectivity index (χ1v) is 17.1. The van der Waals surface area contributed by atoms with Crippen LogP contribution in [0.1, 0.15) is 60.5 Å². The first-order valence-electron chi connectivity index (χ1n) is 14.8. The molecule has 1 saturated heterocycles. The van der Waals surface area contributed by atoms with Crippen LogP contribution in [0.15, 0.2) is 41.3 Å². The Kier molecular flexibility index (Phi) is 9.38. The summed E-state index contributed by atoms with van der Waals surface area (Å²) in [4.78, 5) is 44.7. The fraction of sp³-hybridized carbons (Fsp3) is 0.484. The number of aryl methyl sites for hydroxylation is 1. The van der Waals surface area contributed by atoms with Gasteiger partial charge in [-0.2, -0.15) is 4.72 Å². The van der Waals surface area contributed by atoms with Crippen molar-refractivity contribution in [2.24, 2.45) is 11.3 Å². The Hall–Kier alpha value is -3.42. The van der Waals surface area contributed by atoms with Crippen LogP contribution in [-0.2, 0) is 32.5 Å². The van der Waals surface area contributed by atoms with E-state index in [-0.39, 0.29) is 53.7 Å². The van der Waals surface area contributed by atoms with Gasteiger partial charge in [-0.15, -0.1) is 11.3 Å². The molecule has 1 unspecified atom stereocenters. The van der Waals surface area contributed by atoms with Gasteiger partial charge >= 0.3 is 5.97 Å². The number of fused-ring (bicyclic) bond motifs is 2. The lowest BCUT2D eigenvalue weighted by Crippen LogP contribution is -2.51. The number of hydrogen-bond acceptors (Lipinski definition) is 8. The van der Waals surface area contributed by atoms with Gasteiger partial charge in [0.15, 0.2) is 5.78 Å². The smallest absolute Gasteiger partial charge is 0.303 e. The van der Waals surface area contributed by atoms with Gasteiger partial charge in [-0.1, -0.05) is 26.0 Å². The van der Waals surface area contributed by atoms with Crippen molar-refractivity contribution in [3.63, 3.8) is 0 Å².